The topological polar surface area (TPSA) is 57.2 Å². The molecule has 0 aromatic heterocycles. The van der Waals surface area contributed by atoms with Crippen molar-refractivity contribution in [2.75, 3.05) is 18.5 Å². The van der Waals surface area contributed by atoms with Crippen molar-refractivity contribution in [2.45, 2.75) is 12.0 Å². The van der Waals surface area contributed by atoms with Crippen LogP contribution in [0.25, 0.3) is 0 Å². The number of β-lactam (4-membered cyclic amide) rings is 1. The van der Waals surface area contributed by atoms with Gasteiger partial charge in [0.15, 0.2) is 23.0 Å². The second kappa shape index (κ2) is 4.75. The molecule has 3 aliphatic rings. The minimum absolute atomic E-state index is 0.0463. The van der Waals surface area contributed by atoms with Gasteiger partial charge < -0.3 is 18.9 Å². The number of hydrogen-bond donors (Lipinski definition) is 0. The van der Waals surface area contributed by atoms with E-state index in [2.05, 4.69) is 0 Å². The number of amides is 1. The molecule has 1 fully saturated rings. The van der Waals surface area contributed by atoms with E-state index in [0.29, 0.717) is 28.7 Å². The van der Waals surface area contributed by atoms with Crippen LogP contribution in [0.5, 0.6) is 23.0 Å². The number of fused-ring (bicyclic) bond motifs is 2. The molecule has 3 heterocycles. The van der Waals surface area contributed by atoms with Crippen LogP contribution in [0, 0.1) is 0 Å². The number of hydrogen-bond acceptors (Lipinski definition) is 5. The highest BCUT2D eigenvalue weighted by Gasteiger charge is 2.64. The fourth-order valence-electron chi connectivity index (χ4n) is 3.23. The van der Waals surface area contributed by atoms with Gasteiger partial charge in [-0.25, -0.2) is 0 Å². The Hall–Kier alpha value is -3.03. The summed E-state index contributed by atoms with van der Waals surface area (Å²) in [6, 6.07) is 7.81. The summed E-state index contributed by atoms with van der Waals surface area (Å²) >= 11 is 0. The average molecular weight is 347 g/mol. The van der Waals surface area contributed by atoms with Crippen LogP contribution in [0.1, 0.15) is 11.6 Å². The third-order valence-electron chi connectivity index (χ3n) is 4.45. The molecule has 25 heavy (non-hydrogen) atoms. The number of carbonyl (C=O) groups is 1. The van der Waals surface area contributed by atoms with Gasteiger partial charge in [0.2, 0.25) is 13.6 Å². The lowest BCUT2D eigenvalue weighted by atomic mass is 9.88. The molecule has 0 radical (unpaired) electrons. The highest BCUT2D eigenvalue weighted by molar-refractivity contribution is 6.07. The summed E-state index contributed by atoms with van der Waals surface area (Å²) < 4.78 is 49.6. The van der Waals surface area contributed by atoms with E-state index in [0.717, 1.165) is 4.90 Å². The second-order valence-corrected chi connectivity index (χ2v) is 5.85. The molecule has 5 rings (SSSR count). The summed E-state index contributed by atoms with van der Waals surface area (Å²) in [5.41, 5.74) is 0.592. The maximum atomic E-state index is 14.3. The van der Waals surface area contributed by atoms with Gasteiger partial charge in [-0.15, -0.1) is 0 Å². The maximum Gasteiger partial charge on any atom is 0.349 e. The molecule has 6 nitrogen and oxygen atoms in total. The highest BCUT2D eigenvalue weighted by Crippen LogP contribution is 2.52. The lowest BCUT2D eigenvalue weighted by molar-refractivity contribution is -0.162. The summed E-state index contributed by atoms with van der Waals surface area (Å²) in [5, 5.41) is 0. The average Bonchev–Trinajstić information content (AvgIpc) is 3.26. The number of halogens is 2. The monoisotopic (exact) mass is 347 g/mol. The largest absolute Gasteiger partial charge is 0.454 e. The van der Waals surface area contributed by atoms with Crippen molar-refractivity contribution >= 4 is 11.6 Å². The summed E-state index contributed by atoms with van der Waals surface area (Å²) in [5.74, 6) is -2.93. The minimum atomic E-state index is -3.50. The smallest absolute Gasteiger partial charge is 0.349 e. The predicted octanol–water partition coefficient (Wildman–Crippen LogP) is 2.87. The Bertz CT molecular complexity index is 901. The van der Waals surface area contributed by atoms with Crippen LogP contribution in [0.3, 0.4) is 0 Å². The van der Waals surface area contributed by atoms with E-state index in [1.54, 1.807) is 18.2 Å². The number of rotatable bonds is 2. The van der Waals surface area contributed by atoms with Crippen LogP contribution >= 0.6 is 0 Å². The Morgan fingerprint density at radius 1 is 0.880 bits per heavy atom. The molecule has 2 aromatic carbocycles. The molecule has 1 amide bonds. The van der Waals surface area contributed by atoms with Crippen molar-refractivity contribution in [2.24, 2.45) is 0 Å². The molecular formula is C17H11F2NO5. The van der Waals surface area contributed by atoms with Crippen molar-refractivity contribution in [3.05, 3.63) is 42.0 Å². The van der Waals surface area contributed by atoms with Crippen molar-refractivity contribution in [1.29, 1.82) is 0 Å². The van der Waals surface area contributed by atoms with E-state index >= 15 is 0 Å². The molecular weight excluding hydrogens is 336 g/mol. The fourth-order valence-corrected chi connectivity index (χ4v) is 3.23. The molecule has 0 spiro atoms. The lowest BCUT2D eigenvalue weighted by Gasteiger charge is -2.46. The SMILES string of the molecule is O=C1N(c2ccc3c(c2)OCO3)[C@H](c2ccc3c(c2)OCO3)C1(F)F. The molecule has 8 heteroatoms. The number of alkyl halides is 2. The minimum Gasteiger partial charge on any atom is -0.454 e. The molecule has 0 bridgehead atoms. The maximum absolute atomic E-state index is 14.3. The van der Waals surface area contributed by atoms with Crippen molar-refractivity contribution in [3.8, 4) is 23.0 Å². The van der Waals surface area contributed by atoms with Gasteiger partial charge in [-0.3, -0.25) is 9.69 Å². The number of ether oxygens (including phenoxy) is 4. The third kappa shape index (κ3) is 1.90. The lowest BCUT2D eigenvalue weighted by Crippen LogP contribution is -2.64. The normalized spacial score (nSPS) is 22.1. The molecule has 2 aromatic rings. The highest BCUT2D eigenvalue weighted by atomic mass is 19.3. The van der Waals surface area contributed by atoms with E-state index in [9.17, 15) is 13.6 Å². The van der Waals surface area contributed by atoms with Gasteiger partial charge in [-0.2, -0.15) is 8.78 Å². The van der Waals surface area contributed by atoms with E-state index in [4.69, 9.17) is 18.9 Å². The van der Waals surface area contributed by atoms with Gasteiger partial charge in [-0.1, -0.05) is 6.07 Å². The Morgan fingerprint density at radius 2 is 1.48 bits per heavy atom. The summed E-state index contributed by atoms with van der Waals surface area (Å²) in [7, 11) is 0. The molecule has 0 saturated carbocycles. The van der Waals surface area contributed by atoms with Crippen LogP contribution in [-0.4, -0.2) is 25.4 Å². The number of anilines is 1. The van der Waals surface area contributed by atoms with E-state index < -0.39 is 17.9 Å². The van der Waals surface area contributed by atoms with Crippen molar-refractivity contribution in [1.82, 2.24) is 0 Å². The van der Waals surface area contributed by atoms with E-state index in [1.165, 1.54) is 18.2 Å². The Labute approximate surface area is 140 Å². The van der Waals surface area contributed by atoms with Gasteiger partial charge in [-0.05, 0) is 29.8 Å². The van der Waals surface area contributed by atoms with Gasteiger partial charge in [0.1, 0.15) is 6.04 Å². The standard InChI is InChI=1S/C17H11F2NO5/c18-17(19)15(9-1-3-11-13(5-9)24-7-22-11)20(16(17)21)10-2-4-12-14(6-10)25-8-23-12/h1-6,15H,7-8H2/t15-/m1/s1. The predicted molar refractivity (Wildman–Crippen MR) is 80.3 cm³/mol. The molecule has 0 unspecified atom stereocenters. The summed E-state index contributed by atoms with van der Waals surface area (Å²) in [6.45, 7) is 0.110. The molecule has 1 saturated heterocycles. The van der Waals surface area contributed by atoms with Crippen LogP contribution in [0.2, 0.25) is 0 Å². The van der Waals surface area contributed by atoms with Crippen LogP contribution < -0.4 is 23.8 Å². The molecule has 128 valence electrons. The number of carbonyl (C=O) groups excluding carboxylic acids is 1. The second-order valence-electron chi connectivity index (χ2n) is 5.85. The quantitative estimate of drug-likeness (QED) is 0.782. The molecule has 0 aliphatic carbocycles. The first-order valence-electron chi connectivity index (χ1n) is 7.56. The first-order valence-corrected chi connectivity index (χ1v) is 7.56. The van der Waals surface area contributed by atoms with Crippen LogP contribution in [0.4, 0.5) is 14.5 Å². The van der Waals surface area contributed by atoms with Gasteiger partial charge >= 0.3 is 11.8 Å². The Kier molecular flexibility index (Phi) is 2.72. The Morgan fingerprint density at radius 3 is 2.20 bits per heavy atom. The van der Waals surface area contributed by atoms with Crippen molar-refractivity contribution in [3.63, 3.8) is 0 Å². The number of benzene rings is 2. The van der Waals surface area contributed by atoms with Gasteiger partial charge in [0.25, 0.3) is 0 Å². The third-order valence-corrected chi connectivity index (χ3v) is 4.45. The fraction of sp³-hybridized carbons (Fsp3) is 0.235. The molecule has 0 N–H and O–H groups in total. The zero-order valence-electron chi connectivity index (χ0n) is 12.7. The van der Waals surface area contributed by atoms with E-state index in [1.807, 2.05) is 0 Å². The zero-order chi connectivity index (χ0) is 17.2. The van der Waals surface area contributed by atoms with Crippen molar-refractivity contribution < 1.29 is 32.5 Å². The molecule has 1 atom stereocenters. The molecule has 3 aliphatic heterocycles. The summed E-state index contributed by atoms with van der Waals surface area (Å²) in [4.78, 5) is 13.1. The van der Waals surface area contributed by atoms with Crippen LogP contribution in [-0.2, 0) is 4.79 Å². The summed E-state index contributed by atoms with van der Waals surface area (Å²) in [6.07, 6.45) is 0. The first-order chi connectivity index (χ1) is 12.1. The first kappa shape index (κ1) is 14.3. The van der Waals surface area contributed by atoms with Gasteiger partial charge in [0.05, 0.1) is 0 Å². The number of nitrogens with zero attached hydrogens (tertiary/aromatic N) is 1. The van der Waals surface area contributed by atoms with Crippen LogP contribution in [0.15, 0.2) is 36.4 Å². The van der Waals surface area contributed by atoms with Gasteiger partial charge in [0, 0.05) is 11.8 Å². The van der Waals surface area contributed by atoms with E-state index in [-0.39, 0.29) is 19.1 Å². The zero-order valence-corrected chi connectivity index (χ0v) is 12.7. The Balaban J connectivity index is 1.56.